The van der Waals surface area contributed by atoms with E-state index in [2.05, 4.69) is 10.3 Å². The molecule has 136 valence electrons. The van der Waals surface area contributed by atoms with Gasteiger partial charge in [0.2, 0.25) is 15.9 Å². The molecule has 0 radical (unpaired) electrons. The third kappa shape index (κ3) is 5.87. The highest BCUT2D eigenvalue weighted by Gasteiger charge is 2.20. The number of halogens is 1. The highest BCUT2D eigenvalue weighted by atomic mass is 32.2. The lowest BCUT2D eigenvalue weighted by molar-refractivity contribution is -0.121. The third-order valence-electron chi connectivity index (χ3n) is 3.54. The first-order valence-electron chi connectivity index (χ1n) is 7.76. The van der Waals surface area contributed by atoms with E-state index in [-0.39, 0.29) is 23.8 Å². The minimum Gasteiger partial charge on any atom is -0.356 e. The second kappa shape index (κ2) is 9.02. The van der Waals surface area contributed by atoms with Gasteiger partial charge in [0.1, 0.15) is 5.82 Å². The zero-order chi connectivity index (χ0) is 18.3. The van der Waals surface area contributed by atoms with Gasteiger partial charge in [0, 0.05) is 44.6 Å². The lowest BCUT2D eigenvalue weighted by atomic mass is 10.3. The molecule has 9 heteroatoms. The van der Waals surface area contributed by atoms with Crippen molar-refractivity contribution in [2.75, 3.05) is 20.1 Å². The molecule has 2 rings (SSSR count). The van der Waals surface area contributed by atoms with Gasteiger partial charge < -0.3 is 5.32 Å². The molecule has 0 unspecified atom stereocenters. The van der Waals surface area contributed by atoms with Gasteiger partial charge in [-0.1, -0.05) is 0 Å². The Morgan fingerprint density at radius 2 is 2.04 bits per heavy atom. The Balaban J connectivity index is 1.72. The zero-order valence-corrected chi connectivity index (χ0v) is 15.4. The number of carbonyl (C=O) groups is 1. The van der Waals surface area contributed by atoms with Gasteiger partial charge in [-0.25, -0.2) is 22.1 Å². The van der Waals surface area contributed by atoms with Crippen LogP contribution in [0.25, 0.3) is 0 Å². The average Bonchev–Trinajstić information content (AvgIpc) is 3.08. The number of rotatable bonds is 9. The molecule has 1 aromatic heterocycles. The number of carbonyl (C=O) groups excluding carboxylic acids is 1. The van der Waals surface area contributed by atoms with Crippen molar-refractivity contribution in [3.8, 4) is 0 Å². The van der Waals surface area contributed by atoms with E-state index in [0.717, 1.165) is 17.1 Å². The van der Waals surface area contributed by atoms with Crippen molar-refractivity contribution in [2.24, 2.45) is 0 Å². The molecule has 2 aromatic rings. The lowest BCUT2D eigenvalue weighted by Gasteiger charge is -2.17. The molecule has 0 aliphatic heterocycles. The number of sulfonamides is 1. The normalized spacial score (nSPS) is 11.6. The molecule has 25 heavy (non-hydrogen) atoms. The van der Waals surface area contributed by atoms with Crippen molar-refractivity contribution < 1.29 is 17.6 Å². The molecule has 0 saturated heterocycles. The van der Waals surface area contributed by atoms with Crippen LogP contribution in [-0.4, -0.2) is 43.8 Å². The van der Waals surface area contributed by atoms with Crippen LogP contribution in [0.2, 0.25) is 0 Å². The maximum Gasteiger partial charge on any atom is 0.242 e. The molecule has 1 aromatic carbocycles. The Bertz CT molecular complexity index is 777. The van der Waals surface area contributed by atoms with Gasteiger partial charge in [-0.05, 0) is 30.7 Å². The zero-order valence-electron chi connectivity index (χ0n) is 13.8. The van der Waals surface area contributed by atoms with Crippen LogP contribution in [0.4, 0.5) is 4.39 Å². The number of benzene rings is 1. The first-order valence-corrected chi connectivity index (χ1v) is 10.1. The summed E-state index contributed by atoms with van der Waals surface area (Å²) in [5.41, 5.74) is 0. The maximum absolute atomic E-state index is 12.9. The van der Waals surface area contributed by atoms with Crippen LogP contribution in [0.5, 0.6) is 0 Å². The average molecular weight is 385 g/mol. The molecule has 1 heterocycles. The van der Waals surface area contributed by atoms with E-state index in [9.17, 15) is 17.6 Å². The Morgan fingerprint density at radius 1 is 1.32 bits per heavy atom. The van der Waals surface area contributed by atoms with Gasteiger partial charge >= 0.3 is 0 Å². The highest BCUT2D eigenvalue weighted by Crippen LogP contribution is 2.15. The predicted octanol–water partition coefficient (Wildman–Crippen LogP) is 2.04. The number of nitrogens with zero attached hydrogens (tertiary/aromatic N) is 2. The molecule has 0 aliphatic carbocycles. The fraction of sp³-hybridized carbons (Fsp3) is 0.375. The summed E-state index contributed by atoms with van der Waals surface area (Å²) in [5, 5.41) is 5.64. The topological polar surface area (TPSA) is 79.4 Å². The Morgan fingerprint density at radius 3 is 2.68 bits per heavy atom. The first kappa shape index (κ1) is 19.5. The van der Waals surface area contributed by atoms with Crippen molar-refractivity contribution >= 4 is 27.3 Å². The molecule has 0 aliphatic rings. The van der Waals surface area contributed by atoms with Crippen LogP contribution >= 0.6 is 11.3 Å². The van der Waals surface area contributed by atoms with Crippen LogP contribution in [0.3, 0.4) is 0 Å². The molecule has 1 N–H and O–H groups in total. The molecular weight excluding hydrogens is 365 g/mol. The SMILES string of the molecule is CN(CCCC(=O)NCCc1nccs1)S(=O)(=O)c1ccc(F)cc1. The summed E-state index contributed by atoms with van der Waals surface area (Å²) in [4.78, 5) is 15.9. The second-order valence-electron chi connectivity index (χ2n) is 5.41. The number of hydrogen-bond acceptors (Lipinski definition) is 5. The molecule has 0 saturated carbocycles. The van der Waals surface area contributed by atoms with E-state index in [1.165, 1.54) is 34.8 Å². The lowest BCUT2D eigenvalue weighted by Crippen LogP contribution is -2.30. The highest BCUT2D eigenvalue weighted by molar-refractivity contribution is 7.89. The van der Waals surface area contributed by atoms with Crippen LogP contribution in [0.15, 0.2) is 40.7 Å². The summed E-state index contributed by atoms with van der Waals surface area (Å²) >= 11 is 1.54. The van der Waals surface area contributed by atoms with Gasteiger partial charge in [0.05, 0.1) is 9.90 Å². The third-order valence-corrected chi connectivity index (χ3v) is 6.25. The summed E-state index contributed by atoms with van der Waals surface area (Å²) in [6.45, 7) is 0.718. The number of hydrogen-bond donors (Lipinski definition) is 1. The van der Waals surface area contributed by atoms with Crippen molar-refractivity contribution in [1.82, 2.24) is 14.6 Å². The van der Waals surface area contributed by atoms with E-state index in [0.29, 0.717) is 19.4 Å². The van der Waals surface area contributed by atoms with Crippen molar-refractivity contribution in [2.45, 2.75) is 24.2 Å². The summed E-state index contributed by atoms with van der Waals surface area (Å²) < 4.78 is 38.7. The van der Waals surface area contributed by atoms with E-state index >= 15 is 0 Å². The van der Waals surface area contributed by atoms with E-state index in [1.54, 1.807) is 6.20 Å². The number of nitrogens with one attached hydrogen (secondary N) is 1. The first-order chi connectivity index (χ1) is 11.9. The quantitative estimate of drug-likeness (QED) is 0.716. The maximum atomic E-state index is 12.9. The largest absolute Gasteiger partial charge is 0.356 e. The standard InChI is InChI=1S/C16H20FN3O3S2/c1-20(25(22,23)14-6-4-13(17)5-7-14)11-2-3-15(21)18-9-8-16-19-10-12-24-16/h4-7,10,12H,2-3,8-9,11H2,1H3,(H,18,21). The fourth-order valence-electron chi connectivity index (χ4n) is 2.14. The Labute approximate surface area is 150 Å². The summed E-state index contributed by atoms with van der Waals surface area (Å²) in [7, 11) is -2.23. The van der Waals surface area contributed by atoms with E-state index < -0.39 is 15.8 Å². The monoisotopic (exact) mass is 385 g/mol. The molecular formula is C16H20FN3O3S2. The van der Waals surface area contributed by atoms with Gasteiger partial charge in [-0.2, -0.15) is 0 Å². The smallest absolute Gasteiger partial charge is 0.242 e. The molecule has 6 nitrogen and oxygen atoms in total. The summed E-state index contributed by atoms with van der Waals surface area (Å²) in [6, 6.07) is 4.67. The molecule has 0 atom stereocenters. The van der Waals surface area contributed by atoms with Gasteiger partial charge in [-0.3, -0.25) is 4.79 Å². The Kier molecular flexibility index (Phi) is 7.03. The fourth-order valence-corrected chi connectivity index (χ4v) is 3.97. The molecule has 0 bridgehead atoms. The van der Waals surface area contributed by atoms with Crippen LogP contribution in [-0.2, 0) is 21.2 Å². The Hall–Kier alpha value is -1.84. The van der Waals surface area contributed by atoms with Gasteiger partial charge in [-0.15, -0.1) is 11.3 Å². The molecule has 1 amide bonds. The minimum atomic E-state index is -3.67. The minimum absolute atomic E-state index is 0.0318. The van der Waals surface area contributed by atoms with Crippen molar-refractivity contribution in [3.63, 3.8) is 0 Å². The van der Waals surface area contributed by atoms with Crippen LogP contribution < -0.4 is 5.32 Å². The van der Waals surface area contributed by atoms with Crippen LogP contribution in [0, 0.1) is 5.82 Å². The second-order valence-corrected chi connectivity index (χ2v) is 8.43. The van der Waals surface area contributed by atoms with E-state index in [4.69, 9.17) is 0 Å². The molecule has 0 fully saturated rings. The summed E-state index contributed by atoms with van der Waals surface area (Å²) in [5.74, 6) is -0.611. The van der Waals surface area contributed by atoms with Gasteiger partial charge in [0.15, 0.2) is 0 Å². The van der Waals surface area contributed by atoms with Crippen molar-refractivity contribution in [3.05, 3.63) is 46.7 Å². The van der Waals surface area contributed by atoms with Crippen molar-refractivity contribution in [1.29, 1.82) is 0 Å². The molecule has 0 spiro atoms. The number of aromatic nitrogens is 1. The number of amides is 1. The number of thiazole rings is 1. The van der Waals surface area contributed by atoms with Gasteiger partial charge in [0.25, 0.3) is 0 Å². The summed E-state index contributed by atoms with van der Waals surface area (Å²) in [6.07, 6.45) is 3.04. The van der Waals surface area contributed by atoms with E-state index in [1.807, 2.05) is 5.38 Å². The predicted molar refractivity (Wildman–Crippen MR) is 94.3 cm³/mol. The van der Waals surface area contributed by atoms with Crippen LogP contribution in [0.1, 0.15) is 17.8 Å².